The quantitative estimate of drug-likeness (QED) is 0.813. The molecule has 5 heteroatoms. The van der Waals surface area contributed by atoms with E-state index in [-0.39, 0.29) is 11.3 Å². The van der Waals surface area contributed by atoms with E-state index in [0.29, 0.717) is 30.5 Å². The average Bonchev–Trinajstić information content (AvgIpc) is 2.65. The minimum absolute atomic E-state index is 0.0587. The number of carbonyl (C=O) groups is 1. The lowest BCUT2D eigenvalue weighted by atomic mass is 9.86. The SMILES string of the molecule is COc1cc(/C=C/C(=O)Nc2ccccc2C(C)(C)C)cc2c1OCCO2. The summed E-state index contributed by atoms with van der Waals surface area (Å²) >= 11 is 0. The van der Waals surface area contributed by atoms with Gasteiger partial charge in [-0.3, -0.25) is 4.79 Å². The van der Waals surface area contributed by atoms with Crippen LogP contribution in [0, 0.1) is 0 Å². The molecule has 2 aromatic carbocycles. The van der Waals surface area contributed by atoms with E-state index in [1.165, 1.54) is 6.08 Å². The van der Waals surface area contributed by atoms with Gasteiger partial charge in [-0.15, -0.1) is 0 Å². The number of benzene rings is 2. The van der Waals surface area contributed by atoms with Crippen molar-refractivity contribution in [2.24, 2.45) is 0 Å². The van der Waals surface area contributed by atoms with Crippen LogP contribution in [0.2, 0.25) is 0 Å². The summed E-state index contributed by atoms with van der Waals surface area (Å²) in [6, 6.07) is 11.5. The summed E-state index contributed by atoms with van der Waals surface area (Å²) in [6.07, 6.45) is 3.24. The van der Waals surface area contributed by atoms with Gasteiger partial charge in [-0.25, -0.2) is 0 Å². The summed E-state index contributed by atoms with van der Waals surface area (Å²) in [5, 5.41) is 2.97. The van der Waals surface area contributed by atoms with Gasteiger partial charge < -0.3 is 19.5 Å². The molecule has 0 bridgehead atoms. The van der Waals surface area contributed by atoms with Crippen molar-refractivity contribution >= 4 is 17.7 Å². The molecule has 2 aromatic rings. The van der Waals surface area contributed by atoms with Crippen LogP contribution >= 0.6 is 0 Å². The third-order valence-electron chi connectivity index (χ3n) is 4.27. The van der Waals surface area contributed by atoms with E-state index in [9.17, 15) is 4.79 Å². The highest BCUT2D eigenvalue weighted by molar-refractivity contribution is 6.02. The molecule has 0 aromatic heterocycles. The second-order valence-corrected chi connectivity index (χ2v) is 7.37. The van der Waals surface area contributed by atoms with Crippen molar-refractivity contribution < 1.29 is 19.0 Å². The molecule has 1 heterocycles. The van der Waals surface area contributed by atoms with Gasteiger partial charge in [-0.05, 0) is 40.8 Å². The molecule has 0 fully saturated rings. The third-order valence-corrected chi connectivity index (χ3v) is 4.27. The lowest BCUT2D eigenvalue weighted by molar-refractivity contribution is -0.111. The van der Waals surface area contributed by atoms with Gasteiger partial charge in [0.15, 0.2) is 11.5 Å². The van der Waals surface area contributed by atoms with Gasteiger partial charge in [-0.1, -0.05) is 39.0 Å². The molecule has 3 rings (SSSR count). The molecule has 1 amide bonds. The minimum atomic E-state index is -0.194. The fourth-order valence-electron chi connectivity index (χ4n) is 2.98. The van der Waals surface area contributed by atoms with Crippen LogP contribution in [0.5, 0.6) is 17.2 Å². The van der Waals surface area contributed by atoms with Crippen molar-refractivity contribution in [1.29, 1.82) is 0 Å². The maximum absolute atomic E-state index is 12.4. The molecule has 27 heavy (non-hydrogen) atoms. The van der Waals surface area contributed by atoms with Gasteiger partial charge in [0, 0.05) is 11.8 Å². The molecule has 5 nitrogen and oxygen atoms in total. The Morgan fingerprint density at radius 1 is 1.15 bits per heavy atom. The number of hydrogen-bond donors (Lipinski definition) is 1. The number of rotatable bonds is 4. The van der Waals surface area contributed by atoms with Crippen LogP contribution in [0.15, 0.2) is 42.5 Å². The molecule has 0 saturated heterocycles. The zero-order chi connectivity index (χ0) is 19.4. The fourth-order valence-corrected chi connectivity index (χ4v) is 2.98. The summed E-state index contributed by atoms with van der Waals surface area (Å²) in [7, 11) is 1.58. The van der Waals surface area contributed by atoms with Gasteiger partial charge in [0.2, 0.25) is 11.7 Å². The van der Waals surface area contributed by atoms with Crippen LogP contribution < -0.4 is 19.5 Å². The smallest absolute Gasteiger partial charge is 0.248 e. The Labute approximate surface area is 159 Å². The highest BCUT2D eigenvalue weighted by Crippen LogP contribution is 2.40. The highest BCUT2D eigenvalue weighted by atomic mass is 16.6. The first-order valence-corrected chi connectivity index (χ1v) is 8.94. The zero-order valence-electron chi connectivity index (χ0n) is 16.2. The molecular weight excluding hydrogens is 342 g/mol. The predicted molar refractivity (Wildman–Crippen MR) is 107 cm³/mol. The molecule has 0 radical (unpaired) electrons. The van der Waals surface area contributed by atoms with E-state index in [1.54, 1.807) is 13.2 Å². The van der Waals surface area contributed by atoms with Crippen LogP contribution in [-0.4, -0.2) is 26.2 Å². The summed E-state index contributed by atoms with van der Waals surface area (Å²) in [5.41, 5.74) is 2.65. The minimum Gasteiger partial charge on any atom is -0.493 e. The summed E-state index contributed by atoms with van der Waals surface area (Å²) in [5.74, 6) is 1.62. The molecule has 1 aliphatic heterocycles. The monoisotopic (exact) mass is 367 g/mol. The second kappa shape index (κ2) is 7.74. The number of nitrogens with one attached hydrogen (secondary N) is 1. The zero-order valence-corrected chi connectivity index (χ0v) is 16.2. The van der Waals surface area contributed by atoms with E-state index in [1.807, 2.05) is 36.4 Å². The van der Waals surface area contributed by atoms with Crippen molar-refractivity contribution in [2.45, 2.75) is 26.2 Å². The predicted octanol–water partition coefficient (Wildman–Crippen LogP) is 4.42. The third kappa shape index (κ3) is 4.42. The Kier molecular flexibility index (Phi) is 5.40. The second-order valence-electron chi connectivity index (χ2n) is 7.37. The summed E-state index contributed by atoms with van der Waals surface area (Å²) < 4.78 is 16.6. The number of carbonyl (C=O) groups excluding carboxylic acids is 1. The molecule has 1 aliphatic rings. The Bertz CT molecular complexity index is 848. The largest absolute Gasteiger partial charge is 0.493 e. The summed E-state index contributed by atoms with van der Waals surface area (Å²) in [4.78, 5) is 12.4. The molecule has 142 valence electrons. The molecule has 0 unspecified atom stereocenters. The van der Waals surface area contributed by atoms with Crippen molar-refractivity contribution in [2.75, 3.05) is 25.6 Å². The maximum Gasteiger partial charge on any atom is 0.248 e. The Balaban J connectivity index is 1.78. The number of para-hydroxylation sites is 1. The van der Waals surface area contributed by atoms with Crippen LogP contribution in [-0.2, 0) is 10.2 Å². The summed E-state index contributed by atoms with van der Waals surface area (Å²) in [6.45, 7) is 7.35. The van der Waals surface area contributed by atoms with Gasteiger partial charge in [0.05, 0.1) is 7.11 Å². The van der Waals surface area contributed by atoms with Crippen LogP contribution in [0.3, 0.4) is 0 Å². The topological polar surface area (TPSA) is 56.8 Å². The van der Waals surface area contributed by atoms with Crippen molar-refractivity contribution in [3.63, 3.8) is 0 Å². The lowest BCUT2D eigenvalue weighted by Crippen LogP contribution is -2.17. The first-order valence-electron chi connectivity index (χ1n) is 8.94. The van der Waals surface area contributed by atoms with Crippen LogP contribution in [0.1, 0.15) is 31.9 Å². The molecular formula is C22H25NO4. The molecule has 1 N–H and O–H groups in total. The number of fused-ring (bicyclic) bond motifs is 1. The van der Waals surface area contributed by atoms with Crippen LogP contribution in [0.4, 0.5) is 5.69 Å². The first-order chi connectivity index (χ1) is 12.9. The van der Waals surface area contributed by atoms with E-state index in [2.05, 4.69) is 26.1 Å². The van der Waals surface area contributed by atoms with Crippen LogP contribution in [0.25, 0.3) is 6.08 Å². The highest BCUT2D eigenvalue weighted by Gasteiger charge is 2.19. The number of hydrogen-bond acceptors (Lipinski definition) is 4. The van der Waals surface area contributed by atoms with E-state index >= 15 is 0 Å². The molecule has 0 saturated carbocycles. The number of amides is 1. The van der Waals surface area contributed by atoms with Gasteiger partial charge in [0.1, 0.15) is 13.2 Å². The molecule has 0 spiro atoms. The molecule has 0 atom stereocenters. The Morgan fingerprint density at radius 2 is 1.89 bits per heavy atom. The van der Waals surface area contributed by atoms with Gasteiger partial charge >= 0.3 is 0 Å². The average molecular weight is 367 g/mol. The van der Waals surface area contributed by atoms with Crippen molar-refractivity contribution in [3.05, 3.63) is 53.6 Å². The van der Waals surface area contributed by atoms with E-state index in [4.69, 9.17) is 14.2 Å². The van der Waals surface area contributed by atoms with Crippen molar-refractivity contribution in [3.8, 4) is 17.2 Å². The van der Waals surface area contributed by atoms with Crippen molar-refractivity contribution in [1.82, 2.24) is 0 Å². The number of anilines is 1. The Morgan fingerprint density at radius 3 is 2.63 bits per heavy atom. The van der Waals surface area contributed by atoms with E-state index in [0.717, 1.165) is 16.8 Å². The van der Waals surface area contributed by atoms with Gasteiger partial charge in [0.25, 0.3) is 0 Å². The van der Waals surface area contributed by atoms with E-state index < -0.39 is 0 Å². The Hall–Kier alpha value is -2.95. The van der Waals surface area contributed by atoms with Gasteiger partial charge in [-0.2, -0.15) is 0 Å². The normalized spacial score (nSPS) is 13.5. The first kappa shape index (κ1) is 18.8. The number of ether oxygens (including phenoxy) is 3. The maximum atomic E-state index is 12.4. The standard InChI is InChI=1S/C22H25NO4/c1-22(2,3)16-7-5-6-8-17(16)23-20(24)10-9-15-13-18(25-4)21-19(14-15)26-11-12-27-21/h5-10,13-14H,11-12H2,1-4H3,(H,23,24)/b10-9+. The fraction of sp³-hybridized carbons (Fsp3) is 0.318. The molecule has 0 aliphatic carbocycles. The number of methoxy groups -OCH3 is 1. The lowest BCUT2D eigenvalue weighted by Gasteiger charge is -2.22.